The van der Waals surface area contributed by atoms with E-state index >= 15 is 0 Å². The zero-order valence-electron chi connectivity index (χ0n) is 13.0. The molecule has 0 rings (SSSR count). The van der Waals surface area contributed by atoms with Crippen molar-refractivity contribution in [2.45, 2.75) is 37.2 Å². The number of carbonyl (C=O) groups excluding carboxylic acids is 2. The fourth-order valence-corrected chi connectivity index (χ4v) is 1.08. The maximum Gasteiger partial charge on any atom is 0.457 e. The zero-order valence-corrected chi connectivity index (χ0v) is 13.0. The third-order valence-electron chi connectivity index (χ3n) is 2.43. The lowest BCUT2D eigenvalue weighted by Crippen LogP contribution is -2.34. The van der Waals surface area contributed by atoms with Crippen LogP contribution in [-0.4, -0.2) is 48.8 Å². The molecule has 0 aromatic rings. The Labute approximate surface area is 144 Å². The molecular formula is C13H10F10O4. The predicted molar refractivity (Wildman–Crippen MR) is 66.8 cm³/mol. The molecule has 0 bridgehead atoms. The topological polar surface area (TPSA) is 52.6 Å². The van der Waals surface area contributed by atoms with Crippen LogP contribution >= 0.6 is 0 Å². The van der Waals surface area contributed by atoms with Crippen LogP contribution < -0.4 is 0 Å². The van der Waals surface area contributed by atoms with Gasteiger partial charge in [0.05, 0.1) is 0 Å². The van der Waals surface area contributed by atoms with Crippen molar-refractivity contribution in [2.24, 2.45) is 0 Å². The highest BCUT2D eigenvalue weighted by atomic mass is 19.4. The minimum atomic E-state index is -5.91. The molecule has 0 spiro atoms. The van der Waals surface area contributed by atoms with E-state index in [1.165, 1.54) is 0 Å². The van der Waals surface area contributed by atoms with Crippen molar-refractivity contribution in [1.29, 1.82) is 0 Å². The van der Waals surface area contributed by atoms with Gasteiger partial charge in [0.25, 0.3) is 0 Å². The molecule has 0 amide bonds. The molecule has 1 unspecified atom stereocenters. The third kappa shape index (κ3) is 7.86. The minimum Gasteiger partial charge on any atom is -0.453 e. The van der Waals surface area contributed by atoms with E-state index in [2.05, 4.69) is 9.47 Å². The van der Waals surface area contributed by atoms with Gasteiger partial charge in [0.1, 0.15) is 12.7 Å². The van der Waals surface area contributed by atoms with Crippen molar-refractivity contribution in [3.8, 4) is 0 Å². The van der Waals surface area contributed by atoms with E-state index in [1.54, 1.807) is 0 Å². The van der Waals surface area contributed by atoms with E-state index in [0.717, 1.165) is 6.92 Å². The number of ether oxygens (including phenoxy) is 2. The van der Waals surface area contributed by atoms with Gasteiger partial charge in [0, 0.05) is 0 Å². The lowest BCUT2D eigenvalue weighted by Gasteiger charge is -2.16. The van der Waals surface area contributed by atoms with Gasteiger partial charge >= 0.3 is 36.1 Å². The standard InChI is InChI=1S/C13H10F10O4/c1-7(3-5-11(16,17)13(21,22)23)27-9(25)8(24)26-6-2-4-10(14,15)12(18,19)20/h2-5,7H,6H2,1H3/b4-2+,5-3+. The molecule has 0 saturated carbocycles. The first-order valence-corrected chi connectivity index (χ1v) is 6.54. The zero-order chi connectivity index (χ0) is 21.7. The second-order valence-electron chi connectivity index (χ2n) is 4.71. The molecule has 27 heavy (non-hydrogen) atoms. The van der Waals surface area contributed by atoms with Crippen molar-refractivity contribution in [1.82, 2.24) is 0 Å². The fourth-order valence-electron chi connectivity index (χ4n) is 1.08. The summed E-state index contributed by atoms with van der Waals surface area (Å²) in [6, 6.07) is 0. The molecule has 0 aromatic carbocycles. The molecule has 0 heterocycles. The van der Waals surface area contributed by atoms with E-state index < -0.39 is 61.0 Å². The number of hydrogen-bond acceptors (Lipinski definition) is 4. The van der Waals surface area contributed by atoms with Crippen molar-refractivity contribution in [3.05, 3.63) is 24.3 Å². The van der Waals surface area contributed by atoms with E-state index in [-0.39, 0.29) is 12.2 Å². The first kappa shape index (κ1) is 24.7. The average molecular weight is 420 g/mol. The van der Waals surface area contributed by atoms with Crippen LogP contribution in [0, 0.1) is 0 Å². The van der Waals surface area contributed by atoms with Gasteiger partial charge in [-0.1, -0.05) is 0 Å². The highest BCUT2D eigenvalue weighted by Crippen LogP contribution is 2.37. The van der Waals surface area contributed by atoms with Crippen LogP contribution in [0.1, 0.15) is 6.92 Å². The number of rotatable bonds is 6. The Morgan fingerprint density at radius 1 is 0.815 bits per heavy atom. The van der Waals surface area contributed by atoms with Gasteiger partial charge in [0.15, 0.2) is 0 Å². The normalized spacial score (nSPS) is 15.2. The SMILES string of the molecule is CC(/C=C/C(F)(F)C(F)(F)F)OC(=O)C(=O)OC/C=C/C(F)(F)C(F)(F)F. The Kier molecular flexibility index (Phi) is 7.88. The summed E-state index contributed by atoms with van der Waals surface area (Å²) in [5.41, 5.74) is 0. The van der Waals surface area contributed by atoms with E-state index in [0.29, 0.717) is 0 Å². The van der Waals surface area contributed by atoms with Crippen molar-refractivity contribution >= 4 is 11.9 Å². The summed E-state index contributed by atoms with van der Waals surface area (Å²) in [5.74, 6) is -14.3. The summed E-state index contributed by atoms with van der Waals surface area (Å²) in [6.07, 6.45) is -14.6. The molecule has 0 saturated heterocycles. The van der Waals surface area contributed by atoms with Crippen LogP contribution in [0.15, 0.2) is 24.3 Å². The number of carbonyl (C=O) groups is 2. The molecule has 0 aliphatic heterocycles. The number of esters is 2. The van der Waals surface area contributed by atoms with E-state index in [1.807, 2.05) is 0 Å². The number of halogens is 10. The molecule has 14 heteroatoms. The molecule has 0 N–H and O–H groups in total. The van der Waals surface area contributed by atoms with Gasteiger partial charge in [-0.2, -0.15) is 43.9 Å². The molecule has 0 aliphatic carbocycles. The Bertz CT molecular complexity index is 589. The Hall–Kier alpha value is -2.28. The quantitative estimate of drug-likeness (QED) is 0.283. The monoisotopic (exact) mass is 420 g/mol. The number of allylic oxidation sites excluding steroid dienone is 2. The average Bonchev–Trinajstić information content (AvgIpc) is 2.47. The summed E-state index contributed by atoms with van der Waals surface area (Å²) in [6.45, 7) is -0.395. The third-order valence-corrected chi connectivity index (χ3v) is 2.43. The van der Waals surface area contributed by atoms with Gasteiger partial charge in [-0.3, -0.25) is 0 Å². The van der Waals surface area contributed by atoms with E-state index in [4.69, 9.17) is 0 Å². The molecule has 0 aliphatic rings. The predicted octanol–water partition coefficient (Wildman–Crippen LogP) is 3.97. The van der Waals surface area contributed by atoms with Crippen molar-refractivity contribution in [2.75, 3.05) is 6.61 Å². The molecule has 156 valence electrons. The summed E-state index contributed by atoms with van der Waals surface area (Å²) in [5, 5.41) is 0. The van der Waals surface area contributed by atoms with Gasteiger partial charge in [0.2, 0.25) is 0 Å². The minimum absolute atomic E-state index is 0.0753. The first-order chi connectivity index (χ1) is 11.9. The fraction of sp³-hybridized carbons (Fsp3) is 0.538. The lowest BCUT2D eigenvalue weighted by atomic mass is 10.2. The number of hydrogen-bond donors (Lipinski definition) is 0. The largest absolute Gasteiger partial charge is 0.457 e. The summed E-state index contributed by atoms with van der Waals surface area (Å²) < 4.78 is 129. The van der Waals surface area contributed by atoms with Crippen LogP contribution in [0.5, 0.6) is 0 Å². The maximum atomic E-state index is 12.6. The molecule has 4 nitrogen and oxygen atoms in total. The Morgan fingerprint density at radius 2 is 1.26 bits per heavy atom. The molecule has 0 aromatic heterocycles. The second-order valence-corrected chi connectivity index (χ2v) is 4.71. The van der Waals surface area contributed by atoms with Gasteiger partial charge < -0.3 is 9.47 Å². The number of alkyl halides is 10. The Morgan fingerprint density at radius 3 is 1.70 bits per heavy atom. The first-order valence-electron chi connectivity index (χ1n) is 6.54. The van der Waals surface area contributed by atoms with Crippen LogP contribution in [0.25, 0.3) is 0 Å². The summed E-state index contributed by atoms with van der Waals surface area (Å²) in [7, 11) is 0. The van der Waals surface area contributed by atoms with Crippen LogP contribution in [0.3, 0.4) is 0 Å². The lowest BCUT2D eigenvalue weighted by molar-refractivity contribution is -0.259. The Balaban J connectivity index is 4.58. The molecule has 0 radical (unpaired) electrons. The van der Waals surface area contributed by atoms with Crippen molar-refractivity contribution in [3.63, 3.8) is 0 Å². The van der Waals surface area contributed by atoms with Gasteiger partial charge in [-0.25, -0.2) is 9.59 Å². The van der Waals surface area contributed by atoms with Gasteiger partial charge in [-0.05, 0) is 31.2 Å². The molecule has 0 fully saturated rings. The maximum absolute atomic E-state index is 12.6. The van der Waals surface area contributed by atoms with E-state index in [9.17, 15) is 53.5 Å². The summed E-state index contributed by atoms with van der Waals surface area (Å²) in [4.78, 5) is 22.2. The molecule has 1 atom stereocenters. The van der Waals surface area contributed by atoms with Crippen LogP contribution in [0.4, 0.5) is 43.9 Å². The highest BCUT2D eigenvalue weighted by Gasteiger charge is 2.56. The van der Waals surface area contributed by atoms with Crippen LogP contribution in [-0.2, 0) is 19.1 Å². The molecular weight excluding hydrogens is 410 g/mol. The van der Waals surface area contributed by atoms with Crippen LogP contribution in [0.2, 0.25) is 0 Å². The highest BCUT2D eigenvalue weighted by molar-refractivity contribution is 6.29. The summed E-state index contributed by atoms with van der Waals surface area (Å²) >= 11 is 0. The van der Waals surface area contributed by atoms with Crippen molar-refractivity contribution < 1.29 is 63.0 Å². The van der Waals surface area contributed by atoms with Gasteiger partial charge in [-0.15, -0.1) is 0 Å². The second kappa shape index (κ2) is 8.61. The smallest absolute Gasteiger partial charge is 0.453 e.